The van der Waals surface area contributed by atoms with E-state index in [0.717, 1.165) is 35.5 Å². The van der Waals surface area contributed by atoms with Gasteiger partial charge in [0.15, 0.2) is 0 Å². The monoisotopic (exact) mass is 267 g/mol. The smallest absolute Gasteiger partial charge is 0.113 e. The van der Waals surface area contributed by atoms with Crippen LogP contribution in [-0.2, 0) is 13.1 Å². The summed E-state index contributed by atoms with van der Waals surface area (Å²) < 4.78 is 1.88. The molecule has 0 spiro atoms. The number of para-hydroxylation sites is 1. The summed E-state index contributed by atoms with van der Waals surface area (Å²) in [5.74, 6) is 0. The molecule has 2 aromatic heterocycles. The minimum atomic E-state index is 0.639. The van der Waals surface area contributed by atoms with E-state index in [1.54, 1.807) is 0 Å². The number of hydrogen-bond acceptors (Lipinski definition) is 4. The Bertz CT molecular complexity index is 704. The molecular formula is C15H17N5. The molecular weight excluding hydrogens is 250 g/mol. The summed E-state index contributed by atoms with van der Waals surface area (Å²) in [7, 11) is 0. The predicted octanol–water partition coefficient (Wildman–Crippen LogP) is 1.98. The maximum atomic E-state index is 4.64. The lowest BCUT2D eigenvalue weighted by Crippen LogP contribution is -2.14. The van der Waals surface area contributed by atoms with E-state index < -0.39 is 0 Å². The van der Waals surface area contributed by atoms with Crippen LogP contribution < -0.4 is 5.32 Å². The van der Waals surface area contributed by atoms with E-state index in [1.807, 2.05) is 47.1 Å². The second-order valence-corrected chi connectivity index (χ2v) is 4.64. The average Bonchev–Trinajstić information content (AvgIpc) is 2.89. The Hall–Kier alpha value is -2.27. The standard InChI is InChI=1S/C15H17N5/c1-2-16-10-12-6-5-7-13(17-12)11-20-15-9-4-3-8-14(15)18-19-20/h3-9,16H,2,10-11H2,1H3. The van der Waals surface area contributed by atoms with E-state index in [-0.39, 0.29) is 0 Å². The van der Waals surface area contributed by atoms with E-state index in [4.69, 9.17) is 0 Å². The maximum Gasteiger partial charge on any atom is 0.113 e. The number of nitrogens with one attached hydrogen (secondary N) is 1. The lowest BCUT2D eigenvalue weighted by atomic mass is 10.3. The van der Waals surface area contributed by atoms with Gasteiger partial charge in [-0.15, -0.1) is 5.10 Å². The minimum absolute atomic E-state index is 0.639. The minimum Gasteiger partial charge on any atom is -0.311 e. The van der Waals surface area contributed by atoms with Crippen LogP contribution >= 0.6 is 0 Å². The molecule has 0 unspecified atom stereocenters. The third-order valence-corrected chi connectivity index (χ3v) is 3.15. The Morgan fingerprint density at radius 1 is 1.05 bits per heavy atom. The van der Waals surface area contributed by atoms with Crippen LogP contribution in [0.15, 0.2) is 42.5 Å². The largest absolute Gasteiger partial charge is 0.311 e. The fourth-order valence-corrected chi connectivity index (χ4v) is 2.16. The van der Waals surface area contributed by atoms with Crippen LogP contribution in [-0.4, -0.2) is 26.5 Å². The molecule has 0 aliphatic carbocycles. The van der Waals surface area contributed by atoms with Crippen LogP contribution in [0.1, 0.15) is 18.3 Å². The highest BCUT2D eigenvalue weighted by molar-refractivity contribution is 5.73. The van der Waals surface area contributed by atoms with Crippen LogP contribution in [0.2, 0.25) is 0 Å². The summed E-state index contributed by atoms with van der Waals surface area (Å²) in [6.45, 7) is 4.47. The Labute approximate surface area is 117 Å². The van der Waals surface area contributed by atoms with Gasteiger partial charge in [-0.25, -0.2) is 4.68 Å². The van der Waals surface area contributed by atoms with Gasteiger partial charge in [-0.2, -0.15) is 0 Å². The van der Waals surface area contributed by atoms with Gasteiger partial charge in [-0.3, -0.25) is 4.98 Å². The maximum absolute atomic E-state index is 4.64. The zero-order valence-corrected chi connectivity index (χ0v) is 11.5. The third kappa shape index (κ3) is 2.67. The molecule has 0 fully saturated rings. The molecule has 5 nitrogen and oxygen atoms in total. The van der Waals surface area contributed by atoms with E-state index in [9.17, 15) is 0 Å². The predicted molar refractivity (Wildman–Crippen MR) is 78.2 cm³/mol. The van der Waals surface area contributed by atoms with E-state index in [0.29, 0.717) is 6.54 Å². The summed E-state index contributed by atoms with van der Waals surface area (Å²) >= 11 is 0. The molecule has 5 heteroatoms. The number of rotatable bonds is 5. The molecule has 2 heterocycles. The molecule has 0 aliphatic heterocycles. The molecule has 0 amide bonds. The van der Waals surface area contributed by atoms with Gasteiger partial charge < -0.3 is 5.32 Å². The molecule has 3 rings (SSSR count). The highest BCUT2D eigenvalue weighted by Gasteiger charge is 2.05. The number of pyridine rings is 1. The first-order valence-electron chi connectivity index (χ1n) is 6.80. The highest BCUT2D eigenvalue weighted by Crippen LogP contribution is 2.11. The van der Waals surface area contributed by atoms with Crippen molar-refractivity contribution in [2.75, 3.05) is 6.54 Å². The van der Waals surface area contributed by atoms with Crippen LogP contribution in [0, 0.1) is 0 Å². The third-order valence-electron chi connectivity index (χ3n) is 3.15. The zero-order chi connectivity index (χ0) is 13.8. The molecule has 0 atom stereocenters. The van der Waals surface area contributed by atoms with Crippen LogP contribution in [0.25, 0.3) is 11.0 Å². The van der Waals surface area contributed by atoms with Gasteiger partial charge in [0.2, 0.25) is 0 Å². The lowest BCUT2D eigenvalue weighted by Gasteiger charge is -2.05. The number of fused-ring (bicyclic) bond motifs is 1. The van der Waals surface area contributed by atoms with Crippen molar-refractivity contribution in [3.05, 3.63) is 53.9 Å². The normalized spacial score (nSPS) is 11.1. The van der Waals surface area contributed by atoms with Gasteiger partial charge in [0.05, 0.1) is 23.4 Å². The Balaban J connectivity index is 1.83. The van der Waals surface area contributed by atoms with Crippen molar-refractivity contribution in [3.8, 4) is 0 Å². The molecule has 0 radical (unpaired) electrons. The summed E-state index contributed by atoms with van der Waals surface area (Å²) in [4.78, 5) is 4.64. The van der Waals surface area contributed by atoms with Crippen molar-refractivity contribution in [2.45, 2.75) is 20.0 Å². The molecule has 20 heavy (non-hydrogen) atoms. The van der Waals surface area contributed by atoms with Gasteiger partial charge in [0, 0.05) is 6.54 Å². The fraction of sp³-hybridized carbons (Fsp3) is 0.267. The zero-order valence-electron chi connectivity index (χ0n) is 11.5. The number of aromatic nitrogens is 4. The fourth-order valence-electron chi connectivity index (χ4n) is 2.16. The molecule has 0 bridgehead atoms. The van der Waals surface area contributed by atoms with Crippen LogP contribution in [0.5, 0.6) is 0 Å². The summed E-state index contributed by atoms with van der Waals surface area (Å²) in [6.07, 6.45) is 0. The summed E-state index contributed by atoms with van der Waals surface area (Å²) in [6, 6.07) is 14.0. The highest BCUT2D eigenvalue weighted by atomic mass is 15.4. The quantitative estimate of drug-likeness (QED) is 0.768. The van der Waals surface area contributed by atoms with Crippen molar-refractivity contribution < 1.29 is 0 Å². The SMILES string of the molecule is CCNCc1cccc(Cn2nnc3ccccc32)n1. The Kier molecular flexibility index (Phi) is 3.69. The number of hydrogen-bond donors (Lipinski definition) is 1. The molecule has 102 valence electrons. The first kappa shape index (κ1) is 12.7. The van der Waals surface area contributed by atoms with Gasteiger partial charge >= 0.3 is 0 Å². The van der Waals surface area contributed by atoms with Gasteiger partial charge in [0.25, 0.3) is 0 Å². The molecule has 0 saturated heterocycles. The molecule has 1 N–H and O–H groups in total. The van der Waals surface area contributed by atoms with Gasteiger partial charge in [-0.05, 0) is 30.8 Å². The molecule has 0 aliphatic rings. The topological polar surface area (TPSA) is 55.6 Å². The van der Waals surface area contributed by atoms with Crippen molar-refractivity contribution in [1.82, 2.24) is 25.3 Å². The molecule has 0 saturated carbocycles. The first-order chi connectivity index (χ1) is 9.86. The van der Waals surface area contributed by atoms with Gasteiger partial charge in [0.1, 0.15) is 5.52 Å². The van der Waals surface area contributed by atoms with Crippen LogP contribution in [0.4, 0.5) is 0 Å². The Morgan fingerprint density at radius 2 is 1.90 bits per heavy atom. The van der Waals surface area contributed by atoms with Crippen molar-refractivity contribution >= 4 is 11.0 Å². The second-order valence-electron chi connectivity index (χ2n) is 4.64. The number of nitrogens with zero attached hydrogens (tertiary/aromatic N) is 4. The van der Waals surface area contributed by atoms with Crippen molar-refractivity contribution in [3.63, 3.8) is 0 Å². The van der Waals surface area contributed by atoms with Crippen LogP contribution in [0.3, 0.4) is 0 Å². The van der Waals surface area contributed by atoms with E-state index >= 15 is 0 Å². The summed E-state index contributed by atoms with van der Waals surface area (Å²) in [5.41, 5.74) is 3.99. The van der Waals surface area contributed by atoms with Gasteiger partial charge in [-0.1, -0.05) is 30.3 Å². The lowest BCUT2D eigenvalue weighted by molar-refractivity contribution is 0.648. The Morgan fingerprint density at radius 3 is 2.80 bits per heavy atom. The van der Waals surface area contributed by atoms with E-state index in [1.165, 1.54) is 0 Å². The summed E-state index contributed by atoms with van der Waals surface area (Å²) in [5, 5.41) is 11.6. The molecule has 1 aromatic carbocycles. The van der Waals surface area contributed by atoms with E-state index in [2.05, 4.69) is 27.5 Å². The number of benzene rings is 1. The first-order valence-corrected chi connectivity index (χ1v) is 6.80. The average molecular weight is 267 g/mol. The second kappa shape index (κ2) is 5.79. The van der Waals surface area contributed by atoms with Crippen molar-refractivity contribution in [2.24, 2.45) is 0 Å². The molecule has 3 aromatic rings. The van der Waals surface area contributed by atoms with Crippen molar-refractivity contribution in [1.29, 1.82) is 0 Å².